The molecule has 2 aromatic rings. The lowest BCUT2D eigenvalue weighted by molar-refractivity contribution is -0.157. The van der Waals surface area contributed by atoms with Crippen LogP contribution < -0.4 is 0 Å². The summed E-state index contributed by atoms with van der Waals surface area (Å²) in [5.41, 5.74) is 4.84. The number of esters is 1. The number of hydrogen-bond acceptors (Lipinski definition) is 3. The second-order valence-electron chi connectivity index (χ2n) is 8.32. The van der Waals surface area contributed by atoms with Crippen molar-refractivity contribution in [1.29, 1.82) is 0 Å². The number of hydrogen-bond donors (Lipinski definition) is 0. The summed E-state index contributed by atoms with van der Waals surface area (Å²) in [5, 5.41) is 0.714. The Bertz CT molecular complexity index is 870. The first kappa shape index (κ1) is 21.6. The number of benzene rings is 2. The highest BCUT2D eigenvalue weighted by molar-refractivity contribution is 6.30. The number of Topliss-reactive ketones (excluding diaryl/α,β-unsaturated/α-hetero) is 1. The van der Waals surface area contributed by atoms with E-state index in [1.54, 1.807) is 0 Å². The Balaban J connectivity index is 1.79. The van der Waals surface area contributed by atoms with Gasteiger partial charge in [-0.2, -0.15) is 0 Å². The summed E-state index contributed by atoms with van der Waals surface area (Å²) in [7, 11) is 1.42. The van der Waals surface area contributed by atoms with Crippen molar-refractivity contribution in [2.75, 3.05) is 7.11 Å². The molecule has 29 heavy (non-hydrogen) atoms. The van der Waals surface area contributed by atoms with Crippen molar-refractivity contribution in [2.24, 2.45) is 5.41 Å². The minimum Gasteiger partial charge on any atom is -0.469 e. The van der Waals surface area contributed by atoms with Gasteiger partial charge in [0.25, 0.3) is 0 Å². The summed E-state index contributed by atoms with van der Waals surface area (Å²) < 4.78 is 5.06. The quantitative estimate of drug-likeness (QED) is 0.526. The Morgan fingerprint density at radius 1 is 0.966 bits per heavy atom. The number of ether oxygens (including phenoxy) is 1. The van der Waals surface area contributed by atoms with E-state index in [0.29, 0.717) is 11.4 Å². The van der Waals surface area contributed by atoms with Crippen molar-refractivity contribution in [1.82, 2.24) is 0 Å². The average molecular weight is 413 g/mol. The molecule has 0 bridgehead atoms. The summed E-state index contributed by atoms with van der Waals surface area (Å²) >= 11 is 6.00. The summed E-state index contributed by atoms with van der Waals surface area (Å²) in [5.74, 6) is -0.111. The molecule has 0 saturated heterocycles. The zero-order chi connectivity index (χ0) is 21.0. The first-order valence-corrected chi connectivity index (χ1v) is 10.7. The van der Waals surface area contributed by atoms with Gasteiger partial charge in [-0.15, -0.1) is 0 Å². The molecule has 0 aliphatic heterocycles. The maximum atomic E-state index is 13.0. The summed E-state index contributed by atoms with van der Waals surface area (Å²) in [6.07, 6.45) is 5.22. The summed E-state index contributed by atoms with van der Waals surface area (Å²) in [4.78, 5) is 25.4. The molecule has 1 saturated carbocycles. The molecule has 0 atom stereocenters. The van der Waals surface area contributed by atoms with E-state index in [-0.39, 0.29) is 18.2 Å². The molecule has 1 aliphatic carbocycles. The van der Waals surface area contributed by atoms with Gasteiger partial charge in [-0.1, -0.05) is 55.1 Å². The maximum Gasteiger partial charge on any atom is 0.312 e. The van der Waals surface area contributed by atoms with Crippen molar-refractivity contribution in [3.8, 4) is 11.1 Å². The van der Waals surface area contributed by atoms with Gasteiger partial charge >= 0.3 is 5.97 Å². The Labute approximate surface area is 178 Å². The molecule has 3 rings (SSSR count). The third kappa shape index (κ3) is 4.90. The number of ketones is 1. The Morgan fingerprint density at radius 3 is 2.10 bits per heavy atom. The molecule has 1 fully saturated rings. The standard InChI is InChI=1S/C25H29ClO3/c1-17-13-20(19-7-9-21(26)10-8-19)14-18(2)23(17)15-22(27)16-25(24(28)29-3)11-5-4-6-12-25/h7-10,13-14H,4-6,11-12,15-16H2,1-3H3. The number of carbonyl (C=O) groups excluding carboxylic acids is 2. The molecule has 3 nitrogen and oxygen atoms in total. The lowest BCUT2D eigenvalue weighted by atomic mass is 9.70. The first-order chi connectivity index (χ1) is 13.8. The van der Waals surface area contributed by atoms with Gasteiger partial charge < -0.3 is 4.74 Å². The third-order valence-corrected chi connectivity index (χ3v) is 6.46. The van der Waals surface area contributed by atoms with Crippen LogP contribution in [-0.4, -0.2) is 18.9 Å². The minimum absolute atomic E-state index is 0.114. The van der Waals surface area contributed by atoms with Crippen LogP contribution in [0.2, 0.25) is 5.02 Å². The summed E-state index contributed by atoms with van der Waals surface area (Å²) in [6.45, 7) is 4.09. The normalized spacial score (nSPS) is 15.7. The fourth-order valence-corrected chi connectivity index (χ4v) is 4.74. The zero-order valence-corrected chi connectivity index (χ0v) is 18.3. The van der Waals surface area contributed by atoms with Crippen molar-refractivity contribution >= 4 is 23.4 Å². The van der Waals surface area contributed by atoms with Crippen molar-refractivity contribution in [3.63, 3.8) is 0 Å². The lowest BCUT2D eigenvalue weighted by Crippen LogP contribution is -2.37. The van der Waals surface area contributed by atoms with E-state index in [4.69, 9.17) is 16.3 Å². The van der Waals surface area contributed by atoms with Crippen LogP contribution in [0.4, 0.5) is 0 Å². The van der Waals surface area contributed by atoms with E-state index in [9.17, 15) is 9.59 Å². The number of halogens is 1. The van der Waals surface area contributed by atoms with Gasteiger partial charge in [0.1, 0.15) is 5.78 Å². The first-order valence-electron chi connectivity index (χ1n) is 10.3. The van der Waals surface area contributed by atoms with E-state index in [2.05, 4.69) is 12.1 Å². The van der Waals surface area contributed by atoms with Gasteiger partial charge in [-0.25, -0.2) is 0 Å². The molecule has 0 unspecified atom stereocenters. The second-order valence-corrected chi connectivity index (χ2v) is 8.76. The molecule has 1 aliphatic rings. The number of rotatable bonds is 6. The average Bonchev–Trinajstić information content (AvgIpc) is 2.71. The predicted octanol–water partition coefficient (Wildman–Crippen LogP) is 6.25. The van der Waals surface area contributed by atoms with Gasteiger partial charge in [-0.3, -0.25) is 9.59 Å². The highest BCUT2D eigenvalue weighted by Gasteiger charge is 2.42. The zero-order valence-electron chi connectivity index (χ0n) is 17.5. The maximum absolute atomic E-state index is 13.0. The van der Waals surface area contributed by atoms with Crippen LogP contribution in [0.3, 0.4) is 0 Å². The molecular formula is C25H29ClO3. The van der Waals surface area contributed by atoms with Gasteiger partial charge in [0.15, 0.2) is 0 Å². The van der Waals surface area contributed by atoms with E-state index in [1.165, 1.54) is 7.11 Å². The van der Waals surface area contributed by atoms with Crippen LogP contribution >= 0.6 is 11.6 Å². The van der Waals surface area contributed by atoms with Crippen molar-refractivity contribution in [3.05, 3.63) is 58.1 Å². The molecule has 0 amide bonds. The monoisotopic (exact) mass is 412 g/mol. The molecular weight excluding hydrogens is 384 g/mol. The molecule has 154 valence electrons. The van der Waals surface area contributed by atoms with Gasteiger partial charge in [0.05, 0.1) is 12.5 Å². The number of carbonyl (C=O) groups is 2. The second kappa shape index (κ2) is 9.13. The fourth-order valence-electron chi connectivity index (χ4n) is 4.62. The van der Waals surface area contributed by atoms with Gasteiger partial charge in [0.2, 0.25) is 0 Å². The Kier molecular flexibility index (Phi) is 6.79. The van der Waals surface area contributed by atoms with Crippen LogP contribution in [0.25, 0.3) is 11.1 Å². The molecule has 4 heteroatoms. The Hall–Kier alpha value is -2.13. The minimum atomic E-state index is -0.630. The SMILES string of the molecule is COC(=O)C1(CC(=O)Cc2c(C)cc(-c3ccc(Cl)cc3)cc2C)CCCCC1. The largest absolute Gasteiger partial charge is 0.469 e. The van der Waals surface area contributed by atoms with Crippen LogP contribution in [0.5, 0.6) is 0 Å². The summed E-state index contributed by atoms with van der Waals surface area (Å²) in [6, 6.07) is 12.0. The molecule has 0 aromatic heterocycles. The van der Waals surface area contributed by atoms with E-state index in [0.717, 1.165) is 59.9 Å². The number of methoxy groups -OCH3 is 1. The van der Waals surface area contributed by atoms with Crippen molar-refractivity contribution < 1.29 is 14.3 Å². The van der Waals surface area contributed by atoms with Crippen LogP contribution in [0.1, 0.15) is 55.2 Å². The topological polar surface area (TPSA) is 43.4 Å². The fraction of sp³-hybridized carbons (Fsp3) is 0.440. The molecule has 0 spiro atoms. The highest BCUT2D eigenvalue weighted by atomic mass is 35.5. The van der Waals surface area contributed by atoms with Gasteiger partial charge in [-0.05, 0) is 66.6 Å². The van der Waals surface area contributed by atoms with Crippen LogP contribution in [0, 0.1) is 19.3 Å². The molecule has 0 radical (unpaired) electrons. The van der Waals surface area contributed by atoms with Crippen LogP contribution in [0.15, 0.2) is 36.4 Å². The predicted molar refractivity (Wildman–Crippen MR) is 117 cm³/mol. The van der Waals surface area contributed by atoms with E-state index in [1.807, 2.05) is 38.1 Å². The van der Waals surface area contributed by atoms with E-state index < -0.39 is 5.41 Å². The van der Waals surface area contributed by atoms with E-state index >= 15 is 0 Å². The lowest BCUT2D eigenvalue weighted by Gasteiger charge is -2.34. The molecule has 2 aromatic carbocycles. The third-order valence-electron chi connectivity index (χ3n) is 6.21. The number of aryl methyl sites for hydroxylation is 2. The molecule has 0 heterocycles. The van der Waals surface area contributed by atoms with Gasteiger partial charge in [0, 0.05) is 17.9 Å². The Morgan fingerprint density at radius 2 is 1.55 bits per heavy atom. The van der Waals surface area contributed by atoms with Crippen LogP contribution in [-0.2, 0) is 20.7 Å². The van der Waals surface area contributed by atoms with Crippen molar-refractivity contribution in [2.45, 2.75) is 58.8 Å². The highest BCUT2D eigenvalue weighted by Crippen LogP contribution is 2.41. The smallest absolute Gasteiger partial charge is 0.312 e. The molecule has 0 N–H and O–H groups in total.